The molecule has 0 heterocycles. The number of rotatable bonds is 4. The lowest BCUT2D eigenvalue weighted by Crippen LogP contribution is -2.15. The number of nitro benzene ring substituents is 1. The lowest BCUT2D eigenvalue weighted by Gasteiger charge is -2.03. The molecular formula is C9H8ClNO4. The van der Waals surface area contributed by atoms with Gasteiger partial charge < -0.3 is 5.11 Å². The number of carboxylic acids is 1. The van der Waals surface area contributed by atoms with Gasteiger partial charge in [0.1, 0.15) is 5.38 Å². The van der Waals surface area contributed by atoms with Crippen molar-refractivity contribution in [3.63, 3.8) is 0 Å². The minimum atomic E-state index is -1.10. The van der Waals surface area contributed by atoms with Gasteiger partial charge in [0.2, 0.25) is 0 Å². The highest BCUT2D eigenvalue weighted by Gasteiger charge is 2.14. The predicted molar refractivity (Wildman–Crippen MR) is 54.1 cm³/mol. The van der Waals surface area contributed by atoms with Crippen LogP contribution in [-0.2, 0) is 11.2 Å². The van der Waals surface area contributed by atoms with Crippen LogP contribution in [0.2, 0.25) is 0 Å². The molecule has 1 aromatic carbocycles. The topological polar surface area (TPSA) is 80.4 Å². The number of non-ortho nitro benzene ring substituents is 1. The van der Waals surface area contributed by atoms with Crippen LogP contribution in [0.25, 0.3) is 0 Å². The number of nitrogens with zero attached hydrogens (tertiary/aromatic N) is 1. The van der Waals surface area contributed by atoms with E-state index in [0.717, 1.165) is 0 Å². The summed E-state index contributed by atoms with van der Waals surface area (Å²) in [5, 5.41) is 17.9. The Labute approximate surface area is 90.4 Å². The van der Waals surface area contributed by atoms with Gasteiger partial charge in [0.25, 0.3) is 5.69 Å². The number of aliphatic carboxylic acids is 1. The summed E-state index contributed by atoms with van der Waals surface area (Å²) in [7, 11) is 0. The molecule has 0 aliphatic heterocycles. The summed E-state index contributed by atoms with van der Waals surface area (Å²) >= 11 is 5.52. The largest absolute Gasteiger partial charge is 0.480 e. The van der Waals surface area contributed by atoms with Crippen molar-refractivity contribution in [2.45, 2.75) is 11.8 Å². The lowest BCUT2D eigenvalue weighted by atomic mass is 10.1. The van der Waals surface area contributed by atoms with Crippen molar-refractivity contribution >= 4 is 23.3 Å². The number of carboxylic acid groups (broad SMARTS) is 1. The van der Waals surface area contributed by atoms with Gasteiger partial charge in [-0.2, -0.15) is 0 Å². The highest BCUT2D eigenvalue weighted by Crippen LogP contribution is 2.14. The first-order chi connectivity index (χ1) is 7.00. The van der Waals surface area contributed by atoms with Gasteiger partial charge in [-0.15, -0.1) is 11.6 Å². The Morgan fingerprint density at radius 1 is 1.47 bits per heavy atom. The second-order valence-corrected chi connectivity index (χ2v) is 3.46. The van der Waals surface area contributed by atoms with E-state index >= 15 is 0 Å². The van der Waals surface area contributed by atoms with Gasteiger partial charge in [0.05, 0.1) is 4.92 Å². The molecule has 80 valence electrons. The fraction of sp³-hybridized carbons (Fsp3) is 0.222. The predicted octanol–water partition coefficient (Wildman–Crippen LogP) is 1.83. The van der Waals surface area contributed by atoms with E-state index < -0.39 is 16.3 Å². The van der Waals surface area contributed by atoms with Crippen molar-refractivity contribution in [2.24, 2.45) is 0 Å². The Bertz CT molecular complexity index is 376. The molecule has 0 radical (unpaired) electrons. The summed E-state index contributed by atoms with van der Waals surface area (Å²) in [6, 6.07) is 5.63. The molecule has 0 saturated heterocycles. The zero-order valence-electron chi connectivity index (χ0n) is 7.59. The molecule has 0 amide bonds. The zero-order chi connectivity index (χ0) is 11.4. The quantitative estimate of drug-likeness (QED) is 0.485. The van der Waals surface area contributed by atoms with Crippen molar-refractivity contribution < 1.29 is 14.8 Å². The van der Waals surface area contributed by atoms with E-state index in [1.807, 2.05) is 0 Å². The van der Waals surface area contributed by atoms with E-state index in [-0.39, 0.29) is 12.1 Å². The number of hydrogen-bond donors (Lipinski definition) is 1. The third-order valence-corrected chi connectivity index (χ3v) is 2.17. The average Bonchev–Trinajstić information content (AvgIpc) is 2.18. The Morgan fingerprint density at radius 3 is 2.40 bits per heavy atom. The second-order valence-electron chi connectivity index (χ2n) is 2.93. The Morgan fingerprint density at radius 2 is 2.00 bits per heavy atom. The van der Waals surface area contributed by atoms with Crippen LogP contribution >= 0.6 is 11.6 Å². The van der Waals surface area contributed by atoms with E-state index in [1.165, 1.54) is 24.3 Å². The Kier molecular flexibility index (Phi) is 3.62. The summed E-state index contributed by atoms with van der Waals surface area (Å²) in [6.07, 6.45) is 0.148. The molecule has 0 saturated carbocycles. The van der Waals surface area contributed by atoms with Crippen molar-refractivity contribution in [3.8, 4) is 0 Å². The summed E-state index contributed by atoms with van der Waals surface area (Å²) in [5.41, 5.74) is 0.628. The average molecular weight is 230 g/mol. The first-order valence-corrected chi connectivity index (χ1v) is 4.54. The molecule has 1 N–H and O–H groups in total. The highest BCUT2D eigenvalue weighted by atomic mass is 35.5. The fourth-order valence-electron chi connectivity index (χ4n) is 1.05. The lowest BCUT2D eigenvalue weighted by molar-refractivity contribution is -0.384. The molecule has 6 heteroatoms. The van der Waals surface area contributed by atoms with Gasteiger partial charge in [-0.05, 0) is 12.0 Å². The van der Waals surface area contributed by atoms with E-state index in [1.54, 1.807) is 0 Å². The number of alkyl halides is 1. The van der Waals surface area contributed by atoms with Gasteiger partial charge in [-0.1, -0.05) is 12.1 Å². The van der Waals surface area contributed by atoms with Gasteiger partial charge in [0, 0.05) is 12.1 Å². The highest BCUT2D eigenvalue weighted by molar-refractivity contribution is 6.29. The first-order valence-electron chi connectivity index (χ1n) is 4.11. The van der Waals surface area contributed by atoms with Crippen LogP contribution in [-0.4, -0.2) is 21.4 Å². The van der Waals surface area contributed by atoms with Crippen LogP contribution in [0.1, 0.15) is 5.56 Å². The molecule has 1 rings (SSSR count). The molecule has 0 aliphatic carbocycles. The number of benzene rings is 1. The maximum atomic E-state index is 10.4. The Balaban J connectivity index is 2.72. The molecule has 15 heavy (non-hydrogen) atoms. The first kappa shape index (κ1) is 11.5. The fourth-order valence-corrected chi connectivity index (χ4v) is 1.23. The summed E-state index contributed by atoms with van der Waals surface area (Å²) in [4.78, 5) is 20.3. The third-order valence-electron chi connectivity index (χ3n) is 1.83. The van der Waals surface area contributed by atoms with E-state index in [2.05, 4.69) is 0 Å². The summed E-state index contributed by atoms with van der Waals surface area (Å²) in [5.74, 6) is -1.10. The maximum absolute atomic E-state index is 10.4. The molecule has 1 atom stereocenters. The second kappa shape index (κ2) is 4.75. The molecule has 0 aromatic heterocycles. The van der Waals surface area contributed by atoms with Gasteiger partial charge in [-0.3, -0.25) is 14.9 Å². The van der Waals surface area contributed by atoms with Crippen molar-refractivity contribution in [1.82, 2.24) is 0 Å². The standard InChI is InChI=1S/C9H8ClNO4/c10-8(9(12)13)5-6-1-3-7(4-2-6)11(14)15/h1-4,8H,5H2,(H,12,13)/t8-/m0/s1. The molecule has 0 aliphatic rings. The van der Waals surface area contributed by atoms with E-state index in [9.17, 15) is 14.9 Å². The molecule has 0 spiro atoms. The number of carbonyl (C=O) groups is 1. The molecule has 1 aromatic rings. The third kappa shape index (κ3) is 3.21. The normalized spacial score (nSPS) is 12.1. The summed E-state index contributed by atoms with van der Waals surface area (Å²) < 4.78 is 0. The molecule has 0 bridgehead atoms. The zero-order valence-corrected chi connectivity index (χ0v) is 8.35. The van der Waals surface area contributed by atoms with Crippen molar-refractivity contribution in [3.05, 3.63) is 39.9 Å². The molecule has 5 nitrogen and oxygen atoms in total. The number of halogens is 1. The molecule has 0 fully saturated rings. The van der Waals surface area contributed by atoms with Crippen LogP contribution < -0.4 is 0 Å². The minimum absolute atomic E-state index is 0.0276. The van der Waals surface area contributed by atoms with Crippen LogP contribution in [0.5, 0.6) is 0 Å². The minimum Gasteiger partial charge on any atom is -0.480 e. The maximum Gasteiger partial charge on any atom is 0.321 e. The number of nitro groups is 1. The monoisotopic (exact) mass is 229 g/mol. The van der Waals surface area contributed by atoms with Gasteiger partial charge in [-0.25, -0.2) is 0 Å². The van der Waals surface area contributed by atoms with Crippen LogP contribution in [0.15, 0.2) is 24.3 Å². The van der Waals surface area contributed by atoms with E-state index in [0.29, 0.717) is 5.56 Å². The van der Waals surface area contributed by atoms with Crippen LogP contribution in [0.3, 0.4) is 0 Å². The van der Waals surface area contributed by atoms with Gasteiger partial charge in [0.15, 0.2) is 0 Å². The molecule has 0 unspecified atom stereocenters. The molecular weight excluding hydrogens is 222 g/mol. The van der Waals surface area contributed by atoms with Crippen LogP contribution in [0, 0.1) is 10.1 Å². The SMILES string of the molecule is O=C(O)[C@@H](Cl)Cc1ccc([N+](=O)[O-])cc1. The Hall–Kier alpha value is -1.62. The summed E-state index contributed by atoms with van der Waals surface area (Å²) in [6.45, 7) is 0. The number of hydrogen-bond acceptors (Lipinski definition) is 3. The van der Waals surface area contributed by atoms with Crippen molar-refractivity contribution in [1.29, 1.82) is 0 Å². The van der Waals surface area contributed by atoms with Gasteiger partial charge >= 0.3 is 5.97 Å². The van der Waals surface area contributed by atoms with Crippen LogP contribution in [0.4, 0.5) is 5.69 Å². The van der Waals surface area contributed by atoms with Crippen molar-refractivity contribution in [2.75, 3.05) is 0 Å². The van der Waals surface area contributed by atoms with E-state index in [4.69, 9.17) is 16.7 Å². The smallest absolute Gasteiger partial charge is 0.321 e.